The first-order valence-corrected chi connectivity index (χ1v) is 7.11. The maximum absolute atomic E-state index is 12.0. The molecule has 1 N–H and O–H groups in total. The van der Waals surface area contributed by atoms with Gasteiger partial charge in [0.2, 0.25) is 5.91 Å². The van der Waals surface area contributed by atoms with Crippen molar-refractivity contribution in [3.63, 3.8) is 0 Å². The zero-order chi connectivity index (χ0) is 15.5. The number of carbonyl (C=O) groups excluding carboxylic acids is 2. The molecule has 2 rings (SSSR count). The summed E-state index contributed by atoms with van der Waals surface area (Å²) in [4.78, 5) is 24.5. The first-order valence-electron chi connectivity index (χ1n) is 7.11. The van der Waals surface area contributed by atoms with E-state index in [1.807, 2.05) is 0 Å². The van der Waals surface area contributed by atoms with Gasteiger partial charge in [0, 0.05) is 25.6 Å². The minimum atomic E-state index is -4.52. The molecule has 5 nitrogen and oxygen atoms in total. The highest BCUT2D eigenvalue weighted by atomic mass is 19.4. The van der Waals surface area contributed by atoms with Gasteiger partial charge in [-0.05, 0) is 31.6 Å². The molecule has 0 aromatic rings. The Morgan fingerprint density at radius 2 is 1.76 bits per heavy atom. The SMILES string of the molecule is O=C(NCC1CC1)C1CCN(C(=O)OCC(F)(F)F)CC1. The van der Waals surface area contributed by atoms with E-state index in [-0.39, 0.29) is 24.9 Å². The fourth-order valence-corrected chi connectivity index (χ4v) is 2.27. The van der Waals surface area contributed by atoms with Crippen LogP contribution in [0.1, 0.15) is 25.7 Å². The fourth-order valence-electron chi connectivity index (χ4n) is 2.27. The first-order chi connectivity index (χ1) is 9.85. The fraction of sp³-hybridized carbons (Fsp3) is 0.846. The third-order valence-corrected chi connectivity index (χ3v) is 3.75. The number of alkyl halides is 3. The Hall–Kier alpha value is -1.47. The highest BCUT2D eigenvalue weighted by Gasteiger charge is 2.33. The molecule has 0 aromatic heterocycles. The quantitative estimate of drug-likeness (QED) is 0.863. The van der Waals surface area contributed by atoms with Crippen molar-refractivity contribution < 1.29 is 27.5 Å². The molecule has 120 valence electrons. The Balaban J connectivity index is 1.66. The smallest absolute Gasteiger partial charge is 0.422 e. The average molecular weight is 308 g/mol. The van der Waals surface area contributed by atoms with Gasteiger partial charge in [-0.1, -0.05) is 0 Å². The molecule has 2 aliphatic rings. The van der Waals surface area contributed by atoms with Crippen LogP contribution in [0.4, 0.5) is 18.0 Å². The number of nitrogens with zero attached hydrogens (tertiary/aromatic N) is 1. The van der Waals surface area contributed by atoms with Gasteiger partial charge in [0.25, 0.3) is 0 Å². The zero-order valence-corrected chi connectivity index (χ0v) is 11.6. The van der Waals surface area contributed by atoms with Crippen LogP contribution >= 0.6 is 0 Å². The van der Waals surface area contributed by atoms with Crippen molar-refractivity contribution in [2.24, 2.45) is 11.8 Å². The second kappa shape index (κ2) is 6.53. The Morgan fingerprint density at radius 3 is 2.29 bits per heavy atom. The maximum Gasteiger partial charge on any atom is 0.422 e. The van der Waals surface area contributed by atoms with E-state index in [9.17, 15) is 22.8 Å². The Bertz CT molecular complexity index is 389. The number of carbonyl (C=O) groups is 2. The van der Waals surface area contributed by atoms with Gasteiger partial charge >= 0.3 is 12.3 Å². The molecule has 1 heterocycles. The lowest BCUT2D eigenvalue weighted by molar-refractivity contribution is -0.162. The van der Waals surface area contributed by atoms with Gasteiger partial charge in [-0.2, -0.15) is 13.2 Å². The molecule has 2 amide bonds. The van der Waals surface area contributed by atoms with E-state index < -0.39 is 18.9 Å². The predicted octanol–water partition coefficient (Wildman–Crippen LogP) is 1.92. The standard InChI is InChI=1S/C13H19F3N2O3/c14-13(15,16)8-21-12(20)18-5-3-10(4-6-18)11(19)17-7-9-1-2-9/h9-10H,1-8H2,(H,17,19). The predicted molar refractivity (Wildman–Crippen MR) is 67.4 cm³/mol. The molecule has 1 saturated carbocycles. The molecule has 0 atom stereocenters. The lowest BCUT2D eigenvalue weighted by Gasteiger charge is -2.30. The van der Waals surface area contributed by atoms with Crippen molar-refractivity contribution in [2.75, 3.05) is 26.2 Å². The minimum absolute atomic E-state index is 0.0230. The van der Waals surface area contributed by atoms with Crippen LogP contribution in [-0.4, -0.2) is 49.3 Å². The van der Waals surface area contributed by atoms with Crippen molar-refractivity contribution in [3.8, 4) is 0 Å². The van der Waals surface area contributed by atoms with Gasteiger partial charge in [0.1, 0.15) is 0 Å². The van der Waals surface area contributed by atoms with E-state index >= 15 is 0 Å². The number of halogens is 3. The second-order valence-electron chi connectivity index (χ2n) is 5.62. The lowest BCUT2D eigenvalue weighted by atomic mass is 9.96. The Morgan fingerprint density at radius 1 is 1.14 bits per heavy atom. The number of nitrogens with one attached hydrogen (secondary N) is 1. The van der Waals surface area contributed by atoms with Crippen LogP contribution in [0.3, 0.4) is 0 Å². The van der Waals surface area contributed by atoms with Crippen molar-refractivity contribution in [1.82, 2.24) is 10.2 Å². The van der Waals surface area contributed by atoms with Crippen molar-refractivity contribution in [1.29, 1.82) is 0 Å². The van der Waals surface area contributed by atoms with Gasteiger partial charge in [-0.3, -0.25) is 4.79 Å². The van der Waals surface area contributed by atoms with Crippen LogP contribution in [-0.2, 0) is 9.53 Å². The Labute approximate surface area is 120 Å². The van der Waals surface area contributed by atoms with Gasteiger partial charge in [-0.15, -0.1) is 0 Å². The topological polar surface area (TPSA) is 58.6 Å². The summed E-state index contributed by atoms with van der Waals surface area (Å²) in [6, 6.07) is 0. The summed E-state index contributed by atoms with van der Waals surface area (Å²) in [5, 5.41) is 2.88. The van der Waals surface area contributed by atoms with E-state index in [1.165, 1.54) is 4.90 Å². The third-order valence-electron chi connectivity index (χ3n) is 3.75. The number of ether oxygens (including phenoxy) is 1. The van der Waals surface area contributed by atoms with Crippen molar-refractivity contribution >= 4 is 12.0 Å². The van der Waals surface area contributed by atoms with Crippen LogP contribution in [0.2, 0.25) is 0 Å². The Kier molecular flexibility index (Phi) is 4.95. The largest absolute Gasteiger partial charge is 0.440 e. The van der Waals surface area contributed by atoms with Gasteiger partial charge in [0.05, 0.1) is 0 Å². The van der Waals surface area contributed by atoms with Crippen LogP contribution in [0.5, 0.6) is 0 Å². The molecule has 0 unspecified atom stereocenters. The summed E-state index contributed by atoms with van der Waals surface area (Å²) in [6.07, 6.45) is -2.26. The molecule has 1 saturated heterocycles. The normalized spacial score (nSPS) is 20.2. The van der Waals surface area contributed by atoms with E-state index in [2.05, 4.69) is 10.1 Å². The lowest BCUT2D eigenvalue weighted by Crippen LogP contribution is -2.44. The molecular formula is C13H19F3N2O3. The molecule has 21 heavy (non-hydrogen) atoms. The number of hydrogen-bond acceptors (Lipinski definition) is 3. The average Bonchev–Trinajstić information content (AvgIpc) is 3.25. The zero-order valence-electron chi connectivity index (χ0n) is 11.6. The van der Waals surface area contributed by atoms with Crippen molar-refractivity contribution in [2.45, 2.75) is 31.9 Å². The number of hydrogen-bond donors (Lipinski definition) is 1. The van der Waals surface area contributed by atoms with Crippen LogP contribution in [0.15, 0.2) is 0 Å². The van der Waals surface area contributed by atoms with E-state index in [0.29, 0.717) is 25.3 Å². The maximum atomic E-state index is 12.0. The van der Waals surface area contributed by atoms with Crippen LogP contribution in [0, 0.1) is 11.8 Å². The number of piperidine rings is 1. The van der Waals surface area contributed by atoms with Gasteiger partial charge in [0.15, 0.2) is 6.61 Å². The van der Waals surface area contributed by atoms with Crippen molar-refractivity contribution in [3.05, 3.63) is 0 Å². The van der Waals surface area contributed by atoms with E-state index in [0.717, 1.165) is 12.8 Å². The van der Waals surface area contributed by atoms with Gasteiger partial charge < -0.3 is 15.0 Å². The first kappa shape index (κ1) is 15.9. The molecule has 8 heteroatoms. The summed E-state index contributed by atoms with van der Waals surface area (Å²) in [5.74, 6) is 0.409. The van der Waals surface area contributed by atoms with Crippen LogP contribution in [0.25, 0.3) is 0 Å². The van der Waals surface area contributed by atoms with E-state index in [1.54, 1.807) is 0 Å². The highest BCUT2D eigenvalue weighted by molar-refractivity contribution is 5.79. The molecule has 0 spiro atoms. The number of amides is 2. The molecule has 2 fully saturated rings. The molecule has 1 aliphatic carbocycles. The summed E-state index contributed by atoms with van der Waals surface area (Å²) < 4.78 is 40.1. The highest BCUT2D eigenvalue weighted by Crippen LogP contribution is 2.28. The molecule has 0 aromatic carbocycles. The molecule has 0 bridgehead atoms. The number of rotatable bonds is 4. The summed E-state index contributed by atoms with van der Waals surface area (Å²) >= 11 is 0. The van der Waals surface area contributed by atoms with Crippen LogP contribution < -0.4 is 5.32 Å². The molecule has 0 radical (unpaired) electrons. The summed E-state index contributed by atoms with van der Waals surface area (Å²) in [7, 11) is 0. The van der Waals surface area contributed by atoms with Gasteiger partial charge in [-0.25, -0.2) is 4.79 Å². The summed E-state index contributed by atoms with van der Waals surface area (Å²) in [5.41, 5.74) is 0. The molecular weight excluding hydrogens is 289 g/mol. The monoisotopic (exact) mass is 308 g/mol. The number of likely N-dealkylation sites (tertiary alicyclic amines) is 1. The summed E-state index contributed by atoms with van der Waals surface area (Å²) in [6.45, 7) is -0.378. The second-order valence-corrected chi connectivity index (χ2v) is 5.62. The minimum Gasteiger partial charge on any atom is -0.440 e. The third kappa shape index (κ3) is 5.43. The molecule has 1 aliphatic heterocycles. The van der Waals surface area contributed by atoms with E-state index in [4.69, 9.17) is 0 Å².